The van der Waals surface area contributed by atoms with Crippen LogP contribution in [0.3, 0.4) is 0 Å². The molecular weight excluding hydrogens is 350 g/mol. The van der Waals surface area contributed by atoms with Crippen LogP contribution in [-0.2, 0) is 9.84 Å². The minimum Gasteiger partial charge on any atom is -0.310 e. The highest BCUT2D eigenvalue weighted by Crippen LogP contribution is 2.28. The van der Waals surface area contributed by atoms with Crippen molar-refractivity contribution >= 4 is 37.4 Å². The Morgan fingerprint density at radius 3 is 2.68 bits per heavy atom. The quantitative estimate of drug-likeness (QED) is 0.800. The van der Waals surface area contributed by atoms with Crippen LogP contribution in [0.5, 0.6) is 0 Å². The van der Waals surface area contributed by atoms with Crippen molar-refractivity contribution in [3.63, 3.8) is 0 Å². The van der Waals surface area contributed by atoms with Gasteiger partial charge in [-0.3, -0.25) is 0 Å². The van der Waals surface area contributed by atoms with Gasteiger partial charge >= 0.3 is 0 Å². The summed E-state index contributed by atoms with van der Waals surface area (Å²) in [7, 11) is -2.97. The van der Waals surface area contributed by atoms with Gasteiger partial charge in [-0.2, -0.15) is 0 Å². The summed E-state index contributed by atoms with van der Waals surface area (Å²) < 4.78 is 23.6. The molecule has 0 aromatic heterocycles. The van der Waals surface area contributed by atoms with Crippen molar-refractivity contribution in [1.29, 1.82) is 0 Å². The maximum absolute atomic E-state index is 11.3. The third kappa shape index (κ3) is 6.25. The number of hydrogen-bond donors (Lipinski definition) is 1. The Balaban J connectivity index is 2.91. The van der Waals surface area contributed by atoms with E-state index in [1.165, 1.54) is 6.26 Å². The Morgan fingerprint density at radius 1 is 1.42 bits per heavy atom. The summed E-state index contributed by atoms with van der Waals surface area (Å²) in [6.07, 6.45) is 2.77. The highest BCUT2D eigenvalue weighted by Gasteiger charge is 2.16. The van der Waals surface area contributed by atoms with Crippen LogP contribution in [0.15, 0.2) is 22.7 Å². The number of nitrogens with one attached hydrogen (secondary N) is 1. The van der Waals surface area contributed by atoms with E-state index in [4.69, 9.17) is 11.6 Å². The molecule has 19 heavy (non-hydrogen) atoms. The van der Waals surface area contributed by atoms with Gasteiger partial charge in [0.2, 0.25) is 0 Å². The first-order valence-corrected chi connectivity index (χ1v) is 9.42. The molecule has 1 rings (SSSR count). The van der Waals surface area contributed by atoms with E-state index >= 15 is 0 Å². The van der Waals surface area contributed by atoms with Crippen LogP contribution < -0.4 is 5.32 Å². The lowest BCUT2D eigenvalue weighted by molar-refractivity contribution is 0.513. The average molecular weight is 369 g/mol. The van der Waals surface area contributed by atoms with Gasteiger partial charge in [-0.1, -0.05) is 34.5 Å². The van der Waals surface area contributed by atoms with Crippen molar-refractivity contribution in [3.05, 3.63) is 33.3 Å². The predicted molar refractivity (Wildman–Crippen MR) is 84.5 cm³/mol. The Kier molecular flexibility index (Phi) is 6.80. The van der Waals surface area contributed by atoms with E-state index < -0.39 is 9.84 Å². The highest BCUT2D eigenvalue weighted by molar-refractivity contribution is 9.10. The highest BCUT2D eigenvalue weighted by atomic mass is 79.9. The Morgan fingerprint density at radius 2 is 2.11 bits per heavy atom. The van der Waals surface area contributed by atoms with E-state index in [1.807, 2.05) is 18.2 Å². The molecule has 0 fully saturated rings. The number of rotatable bonds is 7. The fourth-order valence-corrected chi connectivity index (χ4v) is 3.09. The van der Waals surface area contributed by atoms with Gasteiger partial charge in [0.15, 0.2) is 0 Å². The number of hydrogen-bond acceptors (Lipinski definition) is 3. The van der Waals surface area contributed by atoms with E-state index in [1.54, 1.807) is 0 Å². The molecule has 3 nitrogen and oxygen atoms in total. The summed E-state index contributed by atoms with van der Waals surface area (Å²) in [4.78, 5) is 0. The number of halogens is 2. The minimum absolute atomic E-state index is 0.0420. The van der Waals surface area contributed by atoms with Crippen molar-refractivity contribution in [1.82, 2.24) is 5.32 Å². The van der Waals surface area contributed by atoms with E-state index in [9.17, 15) is 8.42 Å². The van der Waals surface area contributed by atoms with Crippen LogP contribution in [0.25, 0.3) is 0 Å². The zero-order valence-corrected chi connectivity index (χ0v) is 14.3. The molecular formula is C13H19BrClNO2S. The van der Waals surface area contributed by atoms with Crippen molar-refractivity contribution in [2.45, 2.75) is 25.8 Å². The first-order valence-electron chi connectivity index (χ1n) is 6.19. The Bertz CT molecular complexity index is 519. The Hall–Kier alpha value is -0.100. The van der Waals surface area contributed by atoms with E-state index in [0.717, 1.165) is 23.0 Å². The van der Waals surface area contributed by atoms with Crippen LogP contribution >= 0.6 is 27.5 Å². The van der Waals surface area contributed by atoms with Gasteiger partial charge in [0.25, 0.3) is 0 Å². The van der Waals surface area contributed by atoms with Gasteiger partial charge < -0.3 is 5.32 Å². The molecule has 0 amide bonds. The molecule has 0 radical (unpaired) electrons. The van der Waals surface area contributed by atoms with Crippen LogP contribution in [0.2, 0.25) is 5.02 Å². The second-order valence-electron chi connectivity index (χ2n) is 4.59. The molecule has 0 saturated heterocycles. The van der Waals surface area contributed by atoms with Gasteiger partial charge in [-0.25, -0.2) is 8.42 Å². The summed E-state index contributed by atoms with van der Waals surface area (Å²) in [6, 6.07) is 5.60. The zero-order valence-electron chi connectivity index (χ0n) is 11.1. The fraction of sp³-hybridized carbons (Fsp3) is 0.538. The maximum Gasteiger partial charge on any atom is 0.147 e. The molecule has 0 spiro atoms. The van der Waals surface area contributed by atoms with Crippen LogP contribution in [0.4, 0.5) is 0 Å². The molecule has 1 unspecified atom stereocenters. The molecule has 1 N–H and O–H groups in total. The molecule has 0 heterocycles. The minimum atomic E-state index is -2.97. The molecule has 108 valence electrons. The predicted octanol–water partition coefficient (Wildman–Crippen LogP) is 3.58. The molecule has 1 atom stereocenters. The summed E-state index contributed by atoms with van der Waals surface area (Å²) >= 11 is 9.63. The SMILES string of the molecule is CCCNC(CCS(C)(=O)=O)c1cc(Br)ccc1Cl. The monoisotopic (exact) mass is 367 g/mol. The lowest BCUT2D eigenvalue weighted by Crippen LogP contribution is -2.24. The van der Waals surface area contributed by atoms with Gasteiger partial charge in [0, 0.05) is 21.8 Å². The van der Waals surface area contributed by atoms with E-state index in [2.05, 4.69) is 28.2 Å². The van der Waals surface area contributed by atoms with Crippen LogP contribution in [0, 0.1) is 0 Å². The zero-order chi connectivity index (χ0) is 14.5. The average Bonchev–Trinajstić information content (AvgIpc) is 2.32. The number of benzene rings is 1. The molecule has 1 aromatic rings. The maximum atomic E-state index is 11.3. The largest absolute Gasteiger partial charge is 0.310 e. The molecule has 6 heteroatoms. The summed E-state index contributed by atoms with van der Waals surface area (Å²) in [6.45, 7) is 2.90. The van der Waals surface area contributed by atoms with Gasteiger partial charge in [0.05, 0.1) is 5.75 Å². The summed E-state index contributed by atoms with van der Waals surface area (Å²) in [5.41, 5.74) is 0.938. The third-order valence-electron chi connectivity index (χ3n) is 2.75. The second-order valence-corrected chi connectivity index (χ2v) is 8.17. The topological polar surface area (TPSA) is 46.2 Å². The molecule has 0 aliphatic heterocycles. The first kappa shape index (κ1) is 17.0. The fourth-order valence-electron chi connectivity index (χ4n) is 1.80. The summed E-state index contributed by atoms with van der Waals surface area (Å²) in [5, 5.41) is 4.01. The van der Waals surface area contributed by atoms with E-state index in [-0.39, 0.29) is 11.8 Å². The molecule has 0 aliphatic rings. The standard InChI is InChI=1S/C13H19BrClNO2S/c1-3-7-16-13(6-8-19(2,17)18)11-9-10(14)4-5-12(11)15/h4-5,9,13,16H,3,6-8H2,1-2H3. The lowest BCUT2D eigenvalue weighted by atomic mass is 10.0. The van der Waals surface area contributed by atoms with Gasteiger partial charge in [0.1, 0.15) is 9.84 Å². The van der Waals surface area contributed by atoms with Gasteiger partial charge in [-0.15, -0.1) is 0 Å². The number of sulfone groups is 1. The molecule has 0 bridgehead atoms. The van der Waals surface area contributed by atoms with Crippen molar-refractivity contribution in [2.24, 2.45) is 0 Å². The molecule has 0 aliphatic carbocycles. The molecule has 1 aromatic carbocycles. The smallest absolute Gasteiger partial charge is 0.147 e. The lowest BCUT2D eigenvalue weighted by Gasteiger charge is -2.20. The van der Waals surface area contributed by atoms with Crippen molar-refractivity contribution in [2.75, 3.05) is 18.6 Å². The Labute approximate surface area is 128 Å². The first-order chi connectivity index (χ1) is 8.83. The van der Waals surface area contributed by atoms with Crippen LogP contribution in [0.1, 0.15) is 31.4 Å². The van der Waals surface area contributed by atoms with Crippen molar-refractivity contribution < 1.29 is 8.42 Å². The normalized spacial score (nSPS) is 13.5. The molecule has 0 saturated carbocycles. The van der Waals surface area contributed by atoms with Crippen molar-refractivity contribution in [3.8, 4) is 0 Å². The van der Waals surface area contributed by atoms with Crippen LogP contribution in [-0.4, -0.2) is 27.0 Å². The second kappa shape index (κ2) is 7.62. The summed E-state index contributed by atoms with van der Waals surface area (Å²) in [5.74, 6) is 0.150. The third-order valence-corrected chi connectivity index (χ3v) is 4.57. The van der Waals surface area contributed by atoms with Gasteiger partial charge in [-0.05, 0) is 43.1 Å². The van der Waals surface area contributed by atoms with E-state index in [0.29, 0.717) is 11.4 Å².